The van der Waals surface area contributed by atoms with Gasteiger partial charge < -0.3 is 18.9 Å². The first-order valence-electron chi connectivity index (χ1n) is 13.8. The predicted octanol–water partition coefficient (Wildman–Crippen LogP) is 3.44. The Morgan fingerprint density at radius 2 is 1.64 bits per heavy atom. The summed E-state index contributed by atoms with van der Waals surface area (Å²) in [6.07, 6.45) is 5.71. The third-order valence-electron chi connectivity index (χ3n) is 10.9. The van der Waals surface area contributed by atoms with Crippen LogP contribution in [0.5, 0.6) is 0 Å². The van der Waals surface area contributed by atoms with Gasteiger partial charge in [0.05, 0.1) is 17.3 Å². The number of carbonyl (C=O) groups excluding carboxylic acids is 4. The van der Waals surface area contributed by atoms with E-state index in [4.69, 9.17) is 18.9 Å². The molecule has 6 unspecified atom stereocenters. The lowest BCUT2D eigenvalue weighted by Gasteiger charge is -2.59. The van der Waals surface area contributed by atoms with Crippen LogP contribution in [-0.2, 0) is 38.1 Å². The Hall–Kier alpha value is -2.12. The number of esters is 4. The molecule has 8 nitrogen and oxygen atoms in total. The van der Waals surface area contributed by atoms with Gasteiger partial charge >= 0.3 is 23.9 Å². The Balaban J connectivity index is 1.14. The fourth-order valence-electron chi connectivity index (χ4n) is 8.69. The predicted molar refractivity (Wildman–Crippen MR) is 125 cm³/mol. The van der Waals surface area contributed by atoms with Gasteiger partial charge in [-0.05, 0) is 89.4 Å². The monoisotopic (exact) mass is 502 g/mol. The van der Waals surface area contributed by atoms with Gasteiger partial charge in [0, 0.05) is 11.8 Å². The van der Waals surface area contributed by atoms with E-state index in [0.717, 1.165) is 37.5 Å². The van der Waals surface area contributed by atoms with Gasteiger partial charge in [-0.2, -0.15) is 0 Å². The fourth-order valence-corrected chi connectivity index (χ4v) is 8.69. The smallest absolute Gasteiger partial charge is 0.344 e. The van der Waals surface area contributed by atoms with Crippen LogP contribution in [0.3, 0.4) is 0 Å². The van der Waals surface area contributed by atoms with E-state index < -0.39 is 53.6 Å². The van der Waals surface area contributed by atoms with Crippen LogP contribution in [0.2, 0.25) is 0 Å². The van der Waals surface area contributed by atoms with E-state index in [1.807, 2.05) is 6.92 Å². The largest absolute Gasteiger partial charge is 0.459 e. The molecule has 0 N–H and O–H groups in total. The maximum absolute atomic E-state index is 13.7. The molecule has 1 saturated heterocycles. The number of hydrogen-bond donors (Lipinski definition) is 0. The number of fused-ring (bicyclic) bond motifs is 1. The molecule has 1 aliphatic heterocycles. The van der Waals surface area contributed by atoms with Crippen LogP contribution in [0.4, 0.5) is 0 Å². The molecule has 6 bridgehead atoms. The molecule has 6 aliphatic carbocycles. The molecule has 6 atom stereocenters. The number of ether oxygens (including phenoxy) is 4. The van der Waals surface area contributed by atoms with Crippen molar-refractivity contribution in [2.24, 2.45) is 52.8 Å². The Bertz CT molecular complexity index is 956. The van der Waals surface area contributed by atoms with Crippen LogP contribution < -0.4 is 0 Å². The molecule has 7 aliphatic rings. The van der Waals surface area contributed by atoms with Gasteiger partial charge in [0.25, 0.3) is 0 Å². The zero-order chi connectivity index (χ0) is 25.6. The van der Waals surface area contributed by atoms with E-state index in [0.29, 0.717) is 24.7 Å². The summed E-state index contributed by atoms with van der Waals surface area (Å²) in [5, 5.41) is 0. The van der Waals surface area contributed by atoms with E-state index >= 15 is 0 Å². The highest BCUT2D eigenvalue weighted by molar-refractivity contribution is 5.86. The molecule has 7 rings (SSSR count). The third-order valence-corrected chi connectivity index (χ3v) is 10.9. The van der Waals surface area contributed by atoms with Crippen molar-refractivity contribution in [3.05, 3.63) is 0 Å². The number of hydrogen-bond acceptors (Lipinski definition) is 8. The van der Waals surface area contributed by atoms with Crippen molar-refractivity contribution >= 4 is 23.9 Å². The lowest BCUT2D eigenvalue weighted by atomic mass is 9.50. The van der Waals surface area contributed by atoms with E-state index in [1.165, 1.54) is 6.42 Å². The summed E-state index contributed by atoms with van der Waals surface area (Å²) in [4.78, 5) is 51.3. The normalized spacial score (nSPS) is 45.5. The van der Waals surface area contributed by atoms with Gasteiger partial charge in [-0.25, -0.2) is 4.79 Å². The van der Waals surface area contributed by atoms with Crippen molar-refractivity contribution in [3.8, 4) is 0 Å². The lowest BCUT2D eigenvalue weighted by molar-refractivity contribution is -0.211. The minimum Gasteiger partial charge on any atom is -0.459 e. The van der Waals surface area contributed by atoms with Crippen molar-refractivity contribution in [1.82, 2.24) is 0 Å². The first-order valence-corrected chi connectivity index (χ1v) is 13.8. The van der Waals surface area contributed by atoms with Gasteiger partial charge in [0.2, 0.25) is 0 Å². The molecule has 8 heteroatoms. The lowest BCUT2D eigenvalue weighted by Crippen LogP contribution is -2.59. The van der Waals surface area contributed by atoms with Crippen LogP contribution in [0.1, 0.15) is 72.6 Å². The van der Waals surface area contributed by atoms with Crippen LogP contribution in [0.15, 0.2) is 0 Å². The summed E-state index contributed by atoms with van der Waals surface area (Å²) in [5.41, 5.74) is -1.18. The first-order chi connectivity index (χ1) is 17.0. The standard InChI is InChI=1S/C28H38O8/c1-5-27(2,3)26(32)33-12-19(29)34-22-18-11-17-20(24(30)35-23(17)22)21(18)25(31)36-28(4)15-7-13-6-14(9-15)10-16(28)8-13/h13-18,20-23H,5-12H2,1-4H3. The molecule has 0 aromatic rings. The highest BCUT2D eigenvalue weighted by Crippen LogP contribution is 2.62. The first kappa shape index (κ1) is 24.2. The molecule has 198 valence electrons. The summed E-state index contributed by atoms with van der Waals surface area (Å²) < 4.78 is 22.9. The second kappa shape index (κ2) is 8.19. The molecule has 0 aromatic heterocycles. The zero-order valence-corrected chi connectivity index (χ0v) is 21.7. The molecule has 7 fully saturated rings. The topological polar surface area (TPSA) is 105 Å². The van der Waals surface area contributed by atoms with Gasteiger partial charge in [-0.15, -0.1) is 0 Å². The molecular weight excluding hydrogens is 464 g/mol. The van der Waals surface area contributed by atoms with E-state index in [2.05, 4.69) is 6.92 Å². The Morgan fingerprint density at radius 1 is 1.00 bits per heavy atom. The number of carbonyl (C=O) groups is 4. The van der Waals surface area contributed by atoms with Crippen LogP contribution >= 0.6 is 0 Å². The average molecular weight is 503 g/mol. The van der Waals surface area contributed by atoms with Crippen molar-refractivity contribution in [1.29, 1.82) is 0 Å². The second-order valence-corrected chi connectivity index (χ2v) is 13.2. The van der Waals surface area contributed by atoms with E-state index in [-0.39, 0.29) is 23.8 Å². The Kier molecular flexibility index (Phi) is 5.51. The molecule has 36 heavy (non-hydrogen) atoms. The van der Waals surface area contributed by atoms with Gasteiger partial charge in [-0.3, -0.25) is 14.4 Å². The minimum absolute atomic E-state index is 0.147. The van der Waals surface area contributed by atoms with Crippen molar-refractivity contribution in [2.45, 2.75) is 90.4 Å². The minimum atomic E-state index is -0.716. The van der Waals surface area contributed by atoms with Crippen molar-refractivity contribution in [3.63, 3.8) is 0 Å². The Labute approximate surface area is 212 Å². The molecule has 0 aromatic carbocycles. The number of rotatable bonds is 7. The molecule has 0 amide bonds. The van der Waals surface area contributed by atoms with Crippen LogP contribution in [0.25, 0.3) is 0 Å². The summed E-state index contributed by atoms with van der Waals surface area (Å²) in [6, 6.07) is 0. The van der Waals surface area contributed by atoms with Crippen molar-refractivity contribution in [2.75, 3.05) is 6.61 Å². The SMILES string of the molecule is CCC(C)(C)C(=O)OCC(=O)OC1C2CC3C1OC(=O)C3C2C(=O)OC1(C)C2CC3CC(C2)CC1C3. The highest BCUT2D eigenvalue weighted by Gasteiger charge is 2.71. The zero-order valence-electron chi connectivity index (χ0n) is 21.7. The van der Waals surface area contributed by atoms with Gasteiger partial charge in [0.1, 0.15) is 17.8 Å². The summed E-state index contributed by atoms with van der Waals surface area (Å²) in [6.45, 7) is 7.00. The molecule has 0 radical (unpaired) electrons. The molecular formula is C28H38O8. The highest BCUT2D eigenvalue weighted by atomic mass is 16.6. The maximum Gasteiger partial charge on any atom is 0.344 e. The summed E-state index contributed by atoms with van der Waals surface area (Å²) in [5.74, 6) is -1.24. The van der Waals surface area contributed by atoms with E-state index in [9.17, 15) is 19.2 Å². The Morgan fingerprint density at radius 3 is 2.25 bits per heavy atom. The van der Waals surface area contributed by atoms with Gasteiger partial charge in [0.15, 0.2) is 6.61 Å². The van der Waals surface area contributed by atoms with E-state index in [1.54, 1.807) is 13.8 Å². The fraction of sp³-hybridized carbons (Fsp3) is 0.857. The second-order valence-electron chi connectivity index (χ2n) is 13.2. The maximum atomic E-state index is 13.7. The summed E-state index contributed by atoms with van der Waals surface area (Å²) >= 11 is 0. The average Bonchev–Trinajstić information content (AvgIpc) is 3.44. The quantitative estimate of drug-likeness (QED) is 0.385. The van der Waals surface area contributed by atoms with Crippen LogP contribution in [0, 0.1) is 52.8 Å². The third kappa shape index (κ3) is 3.52. The summed E-state index contributed by atoms with van der Waals surface area (Å²) in [7, 11) is 0. The molecule has 6 saturated carbocycles. The molecule has 1 heterocycles. The van der Waals surface area contributed by atoms with Gasteiger partial charge in [-0.1, -0.05) is 6.92 Å². The van der Waals surface area contributed by atoms with Crippen LogP contribution in [-0.4, -0.2) is 48.3 Å². The van der Waals surface area contributed by atoms with Crippen molar-refractivity contribution < 1.29 is 38.1 Å². The molecule has 0 spiro atoms.